The summed E-state index contributed by atoms with van der Waals surface area (Å²) in [6, 6.07) is 21.4. The molecule has 1 saturated heterocycles. The van der Waals surface area contributed by atoms with Gasteiger partial charge >= 0.3 is 0 Å². The predicted octanol–water partition coefficient (Wildman–Crippen LogP) is 4.70. The molecule has 0 spiro atoms. The van der Waals surface area contributed by atoms with E-state index in [1.165, 1.54) is 16.9 Å². The topological polar surface area (TPSA) is 61.4 Å². The first-order valence-electron chi connectivity index (χ1n) is 10.6. The van der Waals surface area contributed by atoms with E-state index in [0.717, 1.165) is 47.9 Å². The van der Waals surface area contributed by atoms with Crippen LogP contribution in [0.5, 0.6) is 0 Å². The van der Waals surface area contributed by atoms with E-state index in [0.29, 0.717) is 5.56 Å². The molecule has 0 radical (unpaired) electrons. The molecule has 4 rings (SSSR count). The van der Waals surface area contributed by atoms with E-state index in [-0.39, 0.29) is 17.9 Å². The molecule has 31 heavy (non-hydrogen) atoms. The Morgan fingerprint density at radius 2 is 1.65 bits per heavy atom. The van der Waals surface area contributed by atoms with Gasteiger partial charge in [0.25, 0.3) is 11.8 Å². The Labute approximate surface area is 187 Å². The molecule has 1 aromatic heterocycles. The van der Waals surface area contributed by atoms with Gasteiger partial charge in [-0.2, -0.15) is 0 Å². The van der Waals surface area contributed by atoms with Crippen molar-refractivity contribution in [2.75, 3.05) is 18.4 Å². The zero-order valence-corrected chi connectivity index (χ0v) is 18.5. The van der Waals surface area contributed by atoms with Crippen LogP contribution in [-0.4, -0.2) is 35.8 Å². The number of nitrogens with zero attached hydrogens (tertiary/aromatic N) is 1. The number of hydrogen-bond donors (Lipinski definition) is 2. The summed E-state index contributed by atoms with van der Waals surface area (Å²) in [6.45, 7) is 4.77. The van der Waals surface area contributed by atoms with E-state index in [9.17, 15) is 9.59 Å². The lowest BCUT2D eigenvalue weighted by Crippen LogP contribution is -2.44. The van der Waals surface area contributed by atoms with Crippen LogP contribution in [0.1, 0.15) is 43.3 Å². The molecule has 0 bridgehead atoms. The van der Waals surface area contributed by atoms with Gasteiger partial charge in [-0.3, -0.25) is 14.5 Å². The van der Waals surface area contributed by atoms with Crippen molar-refractivity contribution < 1.29 is 9.59 Å². The number of para-hydroxylation sites is 1. The maximum Gasteiger partial charge on any atom is 0.261 e. The second-order valence-electron chi connectivity index (χ2n) is 7.95. The monoisotopic (exact) mass is 433 g/mol. The van der Waals surface area contributed by atoms with Gasteiger partial charge < -0.3 is 10.6 Å². The highest BCUT2D eigenvalue weighted by atomic mass is 32.1. The van der Waals surface area contributed by atoms with Crippen molar-refractivity contribution in [3.8, 4) is 0 Å². The number of likely N-dealkylation sites (tertiary alicyclic amines) is 1. The van der Waals surface area contributed by atoms with Gasteiger partial charge in [0.1, 0.15) is 0 Å². The Bertz CT molecular complexity index is 1020. The van der Waals surface area contributed by atoms with Crippen molar-refractivity contribution in [3.05, 3.63) is 87.6 Å². The molecule has 2 heterocycles. The summed E-state index contributed by atoms with van der Waals surface area (Å²) in [5.41, 5.74) is 2.63. The maximum absolute atomic E-state index is 12.4. The third-order valence-electron chi connectivity index (χ3n) is 5.54. The summed E-state index contributed by atoms with van der Waals surface area (Å²) in [6.07, 6.45) is 1.90. The van der Waals surface area contributed by atoms with Crippen molar-refractivity contribution in [1.82, 2.24) is 10.2 Å². The van der Waals surface area contributed by atoms with Crippen molar-refractivity contribution >= 4 is 28.8 Å². The van der Waals surface area contributed by atoms with E-state index in [4.69, 9.17) is 0 Å². The first kappa shape index (κ1) is 21.3. The van der Waals surface area contributed by atoms with Crippen LogP contribution in [0.15, 0.2) is 66.7 Å². The number of aryl methyl sites for hydroxylation is 1. The Morgan fingerprint density at radius 3 is 2.29 bits per heavy atom. The second kappa shape index (κ2) is 9.90. The number of piperidine rings is 1. The van der Waals surface area contributed by atoms with E-state index < -0.39 is 0 Å². The largest absolute Gasteiger partial charge is 0.349 e. The molecule has 0 saturated carbocycles. The molecule has 5 nitrogen and oxygen atoms in total. The number of carbonyl (C=O) groups is 2. The Hall–Kier alpha value is -2.96. The summed E-state index contributed by atoms with van der Waals surface area (Å²) in [7, 11) is 0. The first-order valence-corrected chi connectivity index (χ1v) is 11.4. The smallest absolute Gasteiger partial charge is 0.261 e. The quantitative estimate of drug-likeness (QED) is 0.592. The zero-order chi connectivity index (χ0) is 21.6. The minimum absolute atomic E-state index is 0.0425. The van der Waals surface area contributed by atoms with E-state index in [1.54, 1.807) is 0 Å². The van der Waals surface area contributed by atoms with E-state index >= 15 is 0 Å². The normalized spacial score (nSPS) is 14.9. The van der Waals surface area contributed by atoms with Crippen molar-refractivity contribution in [3.63, 3.8) is 0 Å². The number of benzene rings is 2. The second-order valence-corrected chi connectivity index (χ2v) is 9.24. The number of thiophene rings is 1. The molecular formula is C25H27N3O2S. The Kier molecular flexibility index (Phi) is 6.79. The molecule has 2 N–H and O–H groups in total. The van der Waals surface area contributed by atoms with Crippen LogP contribution in [0.2, 0.25) is 0 Å². The first-order chi connectivity index (χ1) is 15.1. The molecule has 0 unspecified atom stereocenters. The molecule has 2 amide bonds. The highest BCUT2D eigenvalue weighted by Crippen LogP contribution is 2.18. The molecule has 2 aromatic carbocycles. The van der Waals surface area contributed by atoms with Crippen LogP contribution in [-0.2, 0) is 6.54 Å². The lowest BCUT2D eigenvalue weighted by Gasteiger charge is -2.32. The van der Waals surface area contributed by atoms with Crippen LogP contribution in [0.25, 0.3) is 0 Å². The highest BCUT2D eigenvalue weighted by molar-refractivity contribution is 7.13. The fraction of sp³-hybridized carbons (Fsp3) is 0.280. The predicted molar refractivity (Wildman–Crippen MR) is 126 cm³/mol. The number of anilines is 1. The summed E-state index contributed by atoms with van der Waals surface area (Å²) in [5, 5.41) is 6.08. The van der Waals surface area contributed by atoms with Gasteiger partial charge in [0.15, 0.2) is 0 Å². The third kappa shape index (κ3) is 5.81. The summed E-state index contributed by atoms with van der Waals surface area (Å²) >= 11 is 1.54. The third-order valence-corrected chi connectivity index (χ3v) is 6.54. The molecule has 1 aliphatic heterocycles. The maximum atomic E-state index is 12.4. The summed E-state index contributed by atoms with van der Waals surface area (Å²) in [5.74, 6) is -0.0591. The van der Waals surface area contributed by atoms with Crippen LogP contribution >= 0.6 is 11.3 Å². The molecule has 3 aromatic rings. The number of carbonyl (C=O) groups excluding carboxylic acids is 2. The van der Waals surface area contributed by atoms with Crippen LogP contribution in [0.4, 0.5) is 5.69 Å². The molecule has 0 aliphatic carbocycles. The minimum atomic E-state index is -0.102. The Balaban J connectivity index is 1.24. The van der Waals surface area contributed by atoms with Gasteiger partial charge in [0.2, 0.25) is 0 Å². The molecule has 160 valence electrons. The molecule has 1 aliphatic rings. The minimum Gasteiger partial charge on any atom is -0.349 e. The van der Waals surface area contributed by atoms with Crippen molar-refractivity contribution in [1.29, 1.82) is 0 Å². The zero-order valence-electron chi connectivity index (χ0n) is 17.6. The Morgan fingerprint density at radius 1 is 0.935 bits per heavy atom. The molecule has 6 heteroatoms. The SMILES string of the molecule is Cc1ccc(C(=O)NC2CCN(Cc3ccc(C(=O)Nc4ccccc4)cc3)CC2)s1. The van der Waals surface area contributed by atoms with Gasteiger partial charge in [0, 0.05) is 41.8 Å². The lowest BCUT2D eigenvalue weighted by molar-refractivity contribution is 0.0912. The standard InChI is InChI=1S/C25H27N3O2S/c1-18-7-12-23(31-18)25(30)27-22-13-15-28(16-14-22)17-19-8-10-20(11-9-19)24(29)26-21-5-3-2-4-6-21/h2-12,22H,13-17H2,1H3,(H,26,29)(H,27,30). The van der Waals surface area contributed by atoms with Crippen LogP contribution in [0.3, 0.4) is 0 Å². The van der Waals surface area contributed by atoms with Crippen molar-refractivity contribution in [2.45, 2.75) is 32.4 Å². The summed E-state index contributed by atoms with van der Waals surface area (Å²) < 4.78 is 0. The molecule has 1 fully saturated rings. The molecule has 0 atom stereocenters. The number of hydrogen-bond acceptors (Lipinski definition) is 4. The highest BCUT2D eigenvalue weighted by Gasteiger charge is 2.21. The van der Waals surface area contributed by atoms with Crippen molar-refractivity contribution in [2.24, 2.45) is 0 Å². The average Bonchev–Trinajstić information content (AvgIpc) is 3.23. The van der Waals surface area contributed by atoms with Gasteiger partial charge in [-0.05, 0) is 61.7 Å². The van der Waals surface area contributed by atoms with Crippen LogP contribution in [0, 0.1) is 6.92 Å². The van der Waals surface area contributed by atoms with Crippen LogP contribution < -0.4 is 10.6 Å². The van der Waals surface area contributed by atoms with Gasteiger partial charge in [-0.25, -0.2) is 0 Å². The van der Waals surface area contributed by atoms with Gasteiger partial charge in [-0.1, -0.05) is 30.3 Å². The van der Waals surface area contributed by atoms with E-state index in [2.05, 4.69) is 15.5 Å². The number of nitrogens with one attached hydrogen (secondary N) is 2. The van der Waals surface area contributed by atoms with E-state index in [1.807, 2.05) is 73.7 Å². The van der Waals surface area contributed by atoms with Gasteiger partial charge in [-0.15, -0.1) is 11.3 Å². The fourth-order valence-electron chi connectivity index (χ4n) is 3.79. The lowest BCUT2D eigenvalue weighted by atomic mass is 10.0. The van der Waals surface area contributed by atoms with Gasteiger partial charge in [0.05, 0.1) is 4.88 Å². The number of rotatable bonds is 6. The number of amides is 2. The molecular weight excluding hydrogens is 406 g/mol. The fourth-order valence-corrected chi connectivity index (χ4v) is 4.56. The average molecular weight is 434 g/mol. The summed E-state index contributed by atoms with van der Waals surface area (Å²) in [4.78, 5) is 29.1.